The first-order valence-corrected chi connectivity index (χ1v) is 9.34. The summed E-state index contributed by atoms with van der Waals surface area (Å²) < 4.78 is 13.6. The Hall–Kier alpha value is -3.81. The van der Waals surface area contributed by atoms with Gasteiger partial charge >= 0.3 is 5.97 Å². The van der Waals surface area contributed by atoms with Gasteiger partial charge in [-0.15, -0.1) is 0 Å². The Kier molecular flexibility index (Phi) is 6.06. The fraction of sp³-hybridized carbons (Fsp3) is 0.227. The Bertz CT molecular complexity index is 1130. The molecule has 0 spiro atoms. The van der Waals surface area contributed by atoms with Crippen LogP contribution in [-0.2, 0) is 16.6 Å². The second-order valence-corrected chi connectivity index (χ2v) is 6.67. The second-order valence-electron chi connectivity index (χ2n) is 6.67. The summed E-state index contributed by atoms with van der Waals surface area (Å²) in [6.07, 6.45) is -0.958. The number of hydrogen-bond acceptors (Lipinski definition) is 5. The lowest BCUT2D eigenvalue weighted by Crippen LogP contribution is -2.32. The molecule has 2 aromatic carbocycles. The lowest BCUT2D eigenvalue weighted by atomic mass is 10.2. The summed E-state index contributed by atoms with van der Waals surface area (Å²) >= 11 is 0. The highest BCUT2D eigenvalue weighted by molar-refractivity contribution is 5.95. The number of benzene rings is 2. The number of nitrogens with one attached hydrogen (secondary N) is 1. The maximum absolute atomic E-state index is 12.9. The summed E-state index contributed by atoms with van der Waals surface area (Å²) in [7, 11) is 3.01. The molecule has 3 rings (SSSR count). The highest BCUT2D eigenvalue weighted by Gasteiger charge is 2.23. The van der Waals surface area contributed by atoms with E-state index in [4.69, 9.17) is 9.47 Å². The van der Waals surface area contributed by atoms with Gasteiger partial charge in [-0.25, -0.2) is 9.48 Å². The van der Waals surface area contributed by atoms with Crippen LogP contribution in [-0.4, -0.2) is 34.5 Å². The highest BCUT2D eigenvalue weighted by Crippen LogP contribution is 2.21. The molecule has 0 radical (unpaired) electrons. The summed E-state index contributed by atoms with van der Waals surface area (Å²) in [5.41, 5.74) is 1.31. The molecule has 1 N–H and O–H groups in total. The Morgan fingerprint density at radius 3 is 2.33 bits per heavy atom. The van der Waals surface area contributed by atoms with Crippen molar-refractivity contribution >= 4 is 17.6 Å². The summed E-state index contributed by atoms with van der Waals surface area (Å²) in [4.78, 5) is 37.5. The normalized spacial score (nSPS) is 11.6. The third kappa shape index (κ3) is 3.98. The number of rotatable bonds is 6. The Balaban J connectivity index is 1.84. The van der Waals surface area contributed by atoms with Gasteiger partial charge in [0.2, 0.25) is 0 Å². The largest absolute Gasteiger partial charge is 0.480 e. The van der Waals surface area contributed by atoms with E-state index in [2.05, 4.69) is 5.32 Å². The van der Waals surface area contributed by atoms with Gasteiger partial charge in [-0.05, 0) is 38.1 Å². The van der Waals surface area contributed by atoms with Crippen molar-refractivity contribution in [3.63, 3.8) is 0 Å². The van der Waals surface area contributed by atoms with E-state index in [1.165, 1.54) is 18.7 Å². The van der Waals surface area contributed by atoms with Crippen LogP contribution in [0.3, 0.4) is 0 Å². The van der Waals surface area contributed by atoms with Crippen molar-refractivity contribution in [2.24, 2.45) is 7.05 Å². The minimum atomic E-state index is -0.958. The van der Waals surface area contributed by atoms with Crippen molar-refractivity contribution in [3.05, 3.63) is 76.2 Å². The molecule has 0 saturated heterocycles. The van der Waals surface area contributed by atoms with Crippen molar-refractivity contribution in [2.45, 2.75) is 20.0 Å². The number of ether oxygens (including phenoxy) is 2. The van der Waals surface area contributed by atoms with Crippen LogP contribution in [0.4, 0.5) is 5.69 Å². The molecule has 0 saturated carbocycles. The van der Waals surface area contributed by atoms with Gasteiger partial charge in [-0.1, -0.05) is 30.3 Å². The molecule has 1 heterocycles. The van der Waals surface area contributed by atoms with Crippen molar-refractivity contribution in [3.8, 4) is 11.4 Å². The molecule has 1 amide bonds. The number of carbonyl (C=O) groups is 2. The van der Waals surface area contributed by atoms with E-state index in [1.807, 2.05) is 30.3 Å². The van der Waals surface area contributed by atoms with Crippen LogP contribution >= 0.6 is 0 Å². The summed E-state index contributed by atoms with van der Waals surface area (Å²) in [6.45, 7) is 3.28. The zero-order valence-electron chi connectivity index (χ0n) is 17.2. The molecule has 30 heavy (non-hydrogen) atoms. The quantitative estimate of drug-likeness (QED) is 0.632. The lowest BCUT2D eigenvalue weighted by molar-refractivity contribution is -0.122. The fourth-order valence-electron chi connectivity index (χ4n) is 3.03. The predicted molar refractivity (Wildman–Crippen MR) is 112 cm³/mol. The standard InChI is InChI=1S/C22H23N3O5/c1-14-19(21(27)25(24(14)3)16-10-6-5-7-11-16)23-20(26)15(2)30-18-13-9-8-12-17(18)22(28)29-4/h5-13,15H,1-4H3,(H,23,26)/t15-/m1/s1. The van der Waals surface area contributed by atoms with Crippen LogP contribution in [0.2, 0.25) is 0 Å². The topological polar surface area (TPSA) is 91.6 Å². The Morgan fingerprint density at radius 2 is 1.67 bits per heavy atom. The van der Waals surface area contributed by atoms with Gasteiger partial charge in [-0.2, -0.15) is 0 Å². The zero-order valence-corrected chi connectivity index (χ0v) is 17.2. The van der Waals surface area contributed by atoms with Crippen molar-refractivity contribution in [1.29, 1.82) is 0 Å². The molecule has 0 aliphatic carbocycles. The van der Waals surface area contributed by atoms with Crippen LogP contribution in [0.15, 0.2) is 59.4 Å². The van der Waals surface area contributed by atoms with Gasteiger partial charge in [0.15, 0.2) is 6.10 Å². The number of hydrogen-bond donors (Lipinski definition) is 1. The number of carbonyl (C=O) groups excluding carboxylic acids is 2. The first-order chi connectivity index (χ1) is 14.3. The third-order valence-corrected chi connectivity index (χ3v) is 4.77. The van der Waals surface area contributed by atoms with Crippen molar-refractivity contribution in [1.82, 2.24) is 9.36 Å². The Morgan fingerprint density at radius 1 is 1.03 bits per heavy atom. The van der Waals surface area contributed by atoms with Crippen LogP contribution in [0.1, 0.15) is 23.0 Å². The average molecular weight is 409 g/mol. The van der Waals surface area contributed by atoms with Gasteiger partial charge in [-0.3, -0.25) is 14.3 Å². The predicted octanol–water partition coefficient (Wildman–Crippen LogP) is 2.68. The van der Waals surface area contributed by atoms with Gasteiger partial charge in [0.1, 0.15) is 17.0 Å². The van der Waals surface area contributed by atoms with Crippen molar-refractivity contribution in [2.75, 3.05) is 12.4 Å². The molecule has 8 heteroatoms. The van der Waals surface area contributed by atoms with E-state index >= 15 is 0 Å². The van der Waals surface area contributed by atoms with E-state index < -0.39 is 18.0 Å². The van der Waals surface area contributed by atoms with Gasteiger partial charge in [0, 0.05) is 7.05 Å². The number of methoxy groups -OCH3 is 1. The van der Waals surface area contributed by atoms with E-state index in [9.17, 15) is 14.4 Å². The van der Waals surface area contributed by atoms with E-state index in [-0.39, 0.29) is 22.6 Å². The molecule has 1 atom stereocenters. The fourth-order valence-corrected chi connectivity index (χ4v) is 3.03. The number of aromatic nitrogens is 2. The number of anilines is 1. The first-order valence-electron chi connectivity index (χ1n) is 9.34. The molecule has 3 aromatic rings. The summed E-state index contributed by atoms with van der Waals surface area (Å²) in [6, 6.07) is 15.6. The summed E-state index contributed by atoms with van der Waals surface area (Å²) in [5.74, 6) is -0.859. The second kappa shape index (κ2) is 8.69. The van der Waals surface area contributed by atoms with Gasteiger partial charge in [0.25, 0.3) is 11.5 Å². The Labute approximate surface area is 173 Å². The molecular formula is C22H23N3O5. The third-order valence-electron chi connectivity index (χ3n) is 4.77. The molecule has 0 bridgehead atoms. The van der Waals surface area contributed by atoms with E-state index in [0.29, 0.717) is 11.4 Å². The minimum Gasteiger partial charge on any atom is -0.480 e. The van der Waals surface area contributed by atoms with E-state index in [1.54, 1.807) is 42.9 Å². The SMILES string of the molecule is COC(=O)c1ccccc1O[C@H](C)C(=O)Nc1c(C)n(C)n(-c2ccccc2)c1=O. The van der Waals surface area contributed by atoms with E-state index in [0.717, 1.165) is 0 Å². The molecule has 0 aliphatic heterocycles. The van der Waals surface area contributed by atoms with Gasteiger partial charge in [0.05, 0.1) is 18.5 Å². The number of esters is 1. The molecule has 0 fully saturated rings. The van der Waals surface area contributed by atoms with Crippen molar-refractivity contribution < 1.29 is 19.1 Å². The molecule has 1 aromatic heterocycles. The maximum atomic E-state index is 12.9. The zero-order chi connectivity index (χ0) is 21.8. The molecule has 156 valence electrons. The molecule has 0 aliphatic rings. The van der Waals surface area contributed by atoms with Crippen LogP contribution < -0.4 is 15.6 Å². The van der Waals surface area contributed by atoms with Crippen LogP contribution in [0, 0.1) is 6.92 Å². The monoisotopic (exact) mass is 409 g/mol. The van der Waals surface area contributed by atoms with Gasteiger partial charge < -0.3 is 14.8 Å². The minimum absolute atomic E-state index is 0.169. The number of para-hydroxylation sites is 2. The summed E-state index contributed by atoms with van der Waals surface area (Å²) in [5, 5.41) is 2.66. The van der Waals surface area contributed by atoms with Crippen LogP contribution in [0.25, 0.3) is 5.69 Å². The van der Waals surface area contributed by atoms with Crippen LogP contribution in [0.5, 0.6) is 5.75 Å². The molecule has 0 unspecified atom stereocenters. The lowest BCUT2D eigenvalue weighted by Gasteiger charge is -2.16. The number of amides is 1. The smallest absolute Gasteiger partial charge is 0.341 e. The molecular weight excluding hydrogens is 386 g/mol. The first kappa shape index (κ1) is 20.9. The average Bonchev–Trinajstić information content (AvgIpc) is 2.97. The highest BCUT2D eigenvalue weighted by atomic mass is 16.5. The maximum Gasteiger partial charge on any atom is 0.341 e. The number of nitrogens with zero attached hydrogens (tertiary/aromatic N) is 2. The molecule has 8 nitrogen and oxygen atoms in total.